The average Bonchev–Trinajstić information content (AvgIpc) is 2.73. The number of hydrogen-bond donors (Lipinski definition) is 2. The van der Waals surface area contributed by atoms with Gasteiger partial charge in [0.25, 0.3) is 0 Å². The molecule has 2 aromatic rings. The summed E-state index contributed by atoms with van der Waals surface area (Å²) in [5.74, 6) is 5.61. The van der Waals surface area contributed by atoms with Gasteiger partial charge in [0.2, 0.25) is 0 Å². The molecule has 2 nitrogen and oxygen atoms in total. The number of rotatable bonds is 4. The van der Waals surface area contributed by atoms with Gasteiger partial charge in [-0.05, 0) is 31.0 Å². The van der Waals surface area contributed by atoms with Gasteiger partial charge in [-0.3, -0.25) is 11.3 Å². The number of thiophene rings is 1. The predicted molar refractivity (Wildman–Crippen MR) is 74.3 cm³/mol. The molecule has 17 heavy (non-hydrogen) atoms. The predicted octanol–water partition coefficient (Wildman–Crippen LogP) is 3.46. The second kappa shape index (κ2) is 5.65. The summed E-state index contributed by atoms with van der Waals surface area (Å²) >= 11 is 7.51. The third-order valence-corrected chi connectivity index (χ3v) is 4.01. The van der Waals surface area contributed by atoms with Crippen LogP contribution in [0.15, 0.2) is 36.4 Å². The van der Waals surface area contributed by atoms with Crippen molar-refractivity contribution in [2.75, 3.05) is 0 Å². The number of halogens is 1. The fourth-order valence-electron chi connectivity index (χ4n) is 1.83. The van der Waals surface area contributed by atoms with Crippen LogP contribution in [0, 0.1) is 6.92 Å². The Morgan fingerprint density at radius 2 is 2.18 bits per heavy atom. The van der Waals surface area contributed by atoms with Crippen LogP contribution in [0.25, 0.3) is 0 Å². The zero-order chi connectivity index (χ0) is 12.3. The molecule has 0 bridgehead atoms. The molecule has 0 spiro atoms. The van der Waals surface area contributed by atoms with Crippen molar-refractivity contribution in [2.45, 2.75) is 19.4 Å². The van der Waals surface area contributed by atoms with Crippen molar-refractivity contribution in [3.05, 3.63) is 56.7 Å². The summed E-state index contributed by atoms with van der Waals surface area (Å²) in [5, 5.41) is 0. The number of aryl methyl sites for hydroxylation is 1. The fourth-order valence-corrected chi connectivity index (χ4v) is 2.95. The summed E-state index contributed by atoms with van der Waals surface area (Å²) in [6.07, 6.45) is 0.870. The van der Waals surface area contributed by atoms with E-state index in [-0.39, 0.29) is 6.04 Å². The Hall–Kier alpha value is -0.870. The highest BCUT2D eigenvalue weighted by Crippen LogP contribution is 2.28. The standard InChI is InChI=1S/C13H15ClN2S/c1-9-3-2-4-10(7-9)8-11(16-15)12-5-6-13(14)17-12/h2-7,11,16H,8,15H2,1H3. The van der Waals surface area contributed by atoms with Gasteiger partial charge in [-0.25, -0.2) is 0 Å². The van der Waals surface area contributed by atoms with Crippen molar-refractivity contribution in [1.82, 2.24) is 5.43 Å². The van der Waals surface area contributed by atoms with Gasteiger partial charge < -0.3 is 0 Å². The van der Waals surface area contributed by atoms with Gasteiger partial charge in [-0.15, -0.1) is 11.3 Å². The Balaban J connectivity index is 2.15. The van der Waals surface area contributed by atoms with Crippen LogP contribution in [-0.2, 0) is 6.42 Å². The summed E-state index contributed by atoms with van der Waals surface area (Å²) in [7, 11) is 0. The summed E-state index contributed by atoms with van der Waals surface area (Å²) in [6, 6.07) is 12.5. The van der Waals surface area contributed by atoms with Crippen LogP contribution < -0.4 is 11.3 Å². The molecular formula is C13H15ClN2S. The van der Waals surface area contributed by atoms with E-state index in [0.29, 0.717) is 0 Å². The minimum atomic E-state index is 0.120. The molecule has 1 unspecified atom stereocenters. The van der Waals surface area contributed by atoms with E-state index in [1.165, 1.54) is 16.0 Å². The fraction of sp³-hybridized carbons (Fsp3) is 0.231. The first-order valence-corrected chi connectivity index (χ1v) is 6.65. The van der Waals surface area contributed by atoms with E-state index in [9.17, 15) is 0 Å². The zero-order valence-electron chi connectivity index (χ0n) is 9.61. The summed E-state index contributed by atoms with van der Waals surface area (Å²) in [6.45, 7) is 2.09. The maximum Gasteiger partial charge on any atom is 0.0931 e. The third kappa shape index (κ3) is 3.30. The lowest BCUT2D eigenvalue weighted by Gasteiger charge is -2.14. The van der Waals surface area contributed by atoms with E-state index in [2.05, 4.69) is 36.6 Å². The molecule has 1 aromatic carbocycles. The average molecular weight is 267 g/mol. The van der Waals surface area contributed by atoms with Crippen LogP contribution in [0.2, 0.25) is 4.34 Å². The Morgan fingerprint density at radius 1 is 1.35 bits per heavy atom. The van der Waals surface area contributed by atoms with Gasteiger partial charge in [-0.2, -0.15) is 0 Å². The van der Waals surface area contributed by atoms with Crippen molar-refractivity contribution in [3.63, 3.8) is 0 Å². The topological polar surface area (TPSA) is 38.0 Å². The van der Waals surface area contributed by atoms with Gasteiger partial charge >= 0.3 is 0 Å². The molecule has 1 atom stereocenters. The normalized spacial score (nSPS) is 12.6. The SMILES string of the molecule is Cc1cccc(CC(NN)c2ccc(Cl)s2)c1. The molecule has 0 saturated heterocycles. The van der Waals surface area contributed by atoms with Gasteiger partial charge in [0.15, 0.2) is 0 Å². The van der Waals surface area contributed by atoms with Crippen molar-refractivity contribution < 1.29 is 0 Å². The van der Waals surface area contributed by atoms with Gasteiger partial charge in [0.05, 0.1) is 10.4 Å². The maximum absolute atomic E-state index is 5.94. The number of nitrogens with one attached hydrogen (secondary N) is 1. The van der Waals surface area contributed by atoms with E-state index in [4.69, 9.17) is 17.4 Å². The lowest BCUT2D eigenvalue weighted by molar-refractivity contribution is 0.560. The second-order valence-corrected chi connectivity index (χ2v) is 5.80. The summed E-state index contributed by atoms with van der Waals surface area (Å²) in [5.41, 5.74) is 5.39. The van der Waals surface area contributed by atoms with Crippen molar-refractivity contribution >= 4 is 22.9 Å². The van der Waals surface area contributed by atoms with Crippen LogP contribution in [0.4, 0.5) is 0 Å². The van der Waals surface area contributed by atoms with E-state index in [1.54, 1.807) is 11.3 Å². The molecule has 0 saturated carbocycles. The van der Waals surface area contributed by atoms with Crippen LogP contribution in [0.3, 0.4) is 0 Å². The highest BCUT2D eigenvalue weighted by atomic mass is 35.5. The first-order valence-electron chi connectivity index (χ1n) is 5.46. The van der Waals surface area contributed by atoms with Crippen molar-refractivity contribution in [2.24, 2.45) is 5.84 Å². The van der Waals surface area contributed by atoms with E-state index in [1.807, 2.05) is 12.1 Å². The molecule has 2 rings (SSSR count). The maximum atomic E-state index is 5.94. The molecule has 3 N–H and O–H groups in total. The lowest BCUT2D eigenvalue weighted by Crippen LogP contribution is -2.28. The van der Waals surface area contributed by atoms with E-state index >= 15 is 0 Å². The molecule has 0 radical (unpaired) electrons. The Labute approximate surface area is 110 Å². The first-order chi connectivity index (χ1) is 8.19. The molecule has 4 heteroatoms. The smallest absolute Gasteiger partial charge is 0.0931 e. The quantitative estimate of drug-likeness (QED) is 0.657. The molecule has 0 aliphatic carbocycles. The molecule has 0 fully saturated rings. The third-order valence-electron chi connectivity index (χ3n) is 2.66. The van der Waals surface area contributed by atoms with Crippen LogP contribution in [0.5, 0.6) is 0 Å². The zero-order valence-corrected chi connectivity index (χ0v) is 11.2. The molecule has 90 valence electrons. The van der Waals surface area contributed by atoms with E-state index in [0.717, 1.165) is 10.8 Å². The summed E-state index contributed by atoms with van der Waals surface area (Å²) < 4.78 is 0.796. The minimum Gasteiger partial charge on any atom is -0.271 e. The molecule has 1 heterocycles. The first kappa shape index (κ1) is 12.6. The molecule has 0 aliphatic heterocycles. The van der Waals surface area contributed by atoms with Gasteiger partial charge in [-0.1, -0.05) is 41.4 Å². The largest absolute Gasteiger partial charge is 0.271 e. The van der Waals surface area contributed by atoms with Crippen LogP contribution in [-0.4, -0.2) is 0 Å². The number of benzene rings is 1. The number of hydrazine groups is 1. The van der Waals surface area contributed by atoms with Gasteiger partial charge in [0.1, 0.15) is 0 Å². The van der Waals surface area contributed by atoms with E-state index < -0.39 is 0 Å². The van der Waals surface area contributed by atoms with Gasteiger partial charge in [0, 0.05) is 4.88 Å². The monoisotopic (exact) mass is 266 g/mol. The van der Waals surface area contributed by atoms with Crippen molar-refractivity contribution in [3.8, 4) is 0 Å². The lowest BCUT2D eigenvalue weighted by atomic mass is 10.0. The second-order valence-electron chi connectivity index (χ2n) is 4.05. The Bertz CT molecular complexity index is 496. The highest BCUT2D eigenvalue weighted by Gasteiger charge is 2.12. The highest BCUT2D eigenvalue weighted by molar-refractivity contribution is 7.16. The van der Waals surface area contributed by atoms with Crippen LogP contribution in [0.1, 0.15) is 22.0 Å². The Morgan fingerprint density at radius 3 is 2.76 bits per heavy atom. The number of hydrogen-bond acceptors (Lipinski definition) is 3. The molecule has 1 aromatic heterocycles. The molecular weight excluding hydrogens is 252 g/mol. The minimum absolute atomic E-state index is 0.120. The molecule has 0 amide bonds. The Kier molecular flexibility index (Phi) is 4.18. The summed E-state index contributed by atoms with van der Waals surface area (Å²) in [4.78, 5) is 1.17. The number of nitrogens with two attached hydrogens (primary N) is 1. The van der Waals surface area contributed by atoms with Crippen molar-refractivity contribution in [1.29, 1.82) is 0 Å². The van der Waals surface area contributed by atoms with Crippen LogP contribution >= 0.6 is 22.9 Å². The molecule has 0 aliphatic rings.